The topological polar surface area (TPSA) is 183 Å². The average molecular weight is 1000 g/mol. The van der Waals surface area contributed by atoms with Crippen molar-refractivity contribution in [1.82, 2.24) is 15.2 Å². The Kier molecular flexibility index (Phi) is 15.5. The third-order valence-electron chi connectivity index (χ3n) is 11.3. The average Bonchev–Trinajstić information content (AvgIpc) is 3.79. The van der Waals surface area contributed by atoms with Gasteiger partial charge in [0.15, 0.2) is 39.4 Å². The largest absolute Gasteiger partial charge is 0.741 e. The van der Waals surface area contributed by atoms with Gasteiger partial charge in [0.2, 0.25) is 0 Å². The number of oxime groups is 1. The molecule has 20 heteroatoms. The lowest BCUT2D eigenvalue weighted by Gasteiger charge is -2.50. The number of halogens is 3. The predicted octanol–water partition coefficient (Wildman–Crippen LogP) is 7.37. The molecule has 4 heterocycles. The molecule has 362 valence electrons. The molecule has 0 spiro atoms. The SMILES string of the molecule is CON=C(C(=O)NC1C(=O)N2C(C(=O)OC(C)(C)C)=C(/C=C/C[n+]3cccc4c3CCCC4)SCC12)c1csc(NC(c2ccccc2)(c2ccccc2)c2ccccc2)n1.O=S(=O)([O-])C(F)(F)F. The van der Waals surface area contributed by atoms with Crippen molar-refractivity contribution in [3.63, 3.8) is 0 Å². The van der Waals surface area contributed by atoms with E-state index in [1.54, 1.807) is 26.2 Å². The van der Waals surface area contributed by atoms with Gasteiger partial charge in [0.1, 0.15) is 35.7 Å². The number of hydrogen-bond donors (Lipinski definition) is 2. The van der Waals surface area contributed by atoms with Crippen LogP contribution in [0.2, 0.25) is 0 Å². The molecule has 5 aromatic rings. The third-order valence-corrected chi connectivity index (χ3v) is 13.8. The monoisotopic (exact) mass is 1000 g/mol. The van der Waals surface area contributed by atoms with Crippen LogP contribution in [-0.2, 0) is 59.0 Å². The number of thiazole rings is 1. The maximum atomic E-state index is 14.1. The number of aromatic nitrogens is 2. The van der Waals surface area contributed by atoms with Crippen LogP contribution < -0.4 is 15.2 Å². The summed E-state index contributed by atoms with van der Waals surface area (Å²) < 4.78 is 67.0. The molecule has 2 unspecified atom stereocenters. The van der Waals surface area contributed by atoms with E-state index in [-0.39, 0.29) is 17.1 Å². The molecule has 8 rings (SSSR count). The summed E-state index contributed by atoms with van der Waals surface area (Å²) in [5.41, 5.74) is -1.18. The highest BCUT2D eigenvalue weighted by Crippen LogP contribution is 2.42. The highest BCUT2D eigenvalue weighted by Gasteiger charge is 2.54. The molecule has 2 aromatic heterocycles. The number of nitrogens with zero attached hydrogens (tertiary/aromatic N) is 4. The van der Waals surface area contributed by atoms with Gasteiger partial charge in [0, 0.05) is 34.1 Å². The number of alkyl halides is 3. The number of pyridine rings is 1. The number of fused-ring (bicyclic) bond motifs is 2. The van der Waals surface area contributed by atoms with E-state index in [1.165, 1.54) is 59.2 Å². The van der Waals surface area contributed by atoms with Gasteiger partial charge in [-0.15, -0.1) is 23.1 Å². The molecule has 2 amide bonds. The zero-order valence-corrected chi connectivity index (χ0v) is 40.4. The lowest BCUT2D eigenvalue weighted by Crippen LogP contribution is -2.73. The number of carbonyl (C=O) groups excluding carboxylic acids is 3. The van der Waals surface area contributed by atoms with Crippen molar-refractivity contribution in [3.05, 3.63) is 171 Å². The Morgan fingerprint density at radius 3 is 2.06 bits per heavy atom. The van der Waals surface area contributed by atoms with Crippen LogP contribution in [0.15, 0.2) is 143 Å². The van der Waals surface area contributed by atoms with Gasteiger partial charge in [-0.1, -0.05) is 96.2 Å². The lowest BCUT2D eigenvalue weighted by molar-refractivity contribution is -0.695. The van der Waals surface area contributed by atoms with Gasteiger partial charge in [0.25, 0.3) is 11.8 Å². The first-order valence-electron chi connectivity index (χ1n) is 21.8. The van der Waals surface area contributed by atoms with Crippen LogP contribution in [0.5, 0.6) is 0 Å². The molecule has 0 saturated carbocycles. The minimum atomic E-state index is -6.09. The Morgan fingerprint density at radius 1 is 0.928 bits per heavy atom. The summed E-state index contributed by atoms with van der Waals surface area (Å²) in [5, 5.41) is 13.0. The molecule has 2 N–H and O–H groups in total. The number of allylic oxidation sites excluding steroid dienone is 2. The van der Waals surface area contributed by atoms with Gasteiger partial charge in [0.05, 0.1) is 6.04 Å². The summed E-state index contributed by atoms with van der Waals surface area (Å²) in [6.07, 6.45) is 10.5. The van der Waals surface area contributed by atoms with Gasteiger partial charge < -0.3 is 24.8 Å². The van der Waals surface area contributed by atoms with Gasteiger partial charge in [-0.2, -0.15) is 17.7 Å². The molecular weight excluding hydrogens is 954 g/mol. The Balaban J connectivity index is 0.000000808. The normalized spacial score (nSPS) is 17.5. The number of amides is 2. The number of thioether (sulfide) groups is 1. The van der Waals surface area contributed by atoms with E-state index in [4.69, 9.17) is 27.5 Å². The third kappa shape index (κ3) is 11.4. The molecule has 1 aliphatic carbocycles. The number of aryl methyl sites for hydroxylation is 1. The first kappa shape index (κ1) is 50.5. The van der Waals surface area contributed by atoms with Crippen LogP contribution in [0, 0.1) is 0 Å². The van der Waals surface area contributed by atoms with Crippen molar-refractivity contribution in [3.8, 4) is 0 Å². The summed E-state index contributed by atoms with van der Waals surface area (Å²) in [6.45, 7) is 6.02. The van der Waals surface area contributed by atoms with E-state index in [0.717, 1.165) is 29.5 Å². The van der Waals surface area contributed by atoms with E-state index >= 15 is 0 Å². The van der Waals surface area contributed by atoms with Crippen molar-refractivity contribution in [2.75, 3.05) is 18.2 Å². The molecule has 1 fully saturated rings. The van der Waals surface area contributed by atoms with Crippen LogP contribution in [0.4, 0.5) is 18.3 Å². The fraction of sp³-hybridized carbons (Fsp3) is 0.306. The summed E-state index contributed by atoms with van der Waals surface area (Å²) in [6, 6.07) is 33.3. The van der Waals surface area contributed by atoms with Crippen molar-refractivity contribution in [2.24, 2.45) is 5.16 Å². The van der Waals surface area contributed by atoms with Gasteiger partial charge >= 0.3 is 11.5 Å². The number of nitrogens with one attached hydrogen (secondary N) is 2. The fourth-order valence-electron chi connectivity index (χ4n) is 8.27. The van der Waals surface area contributed by atoms with Gasteiger partial charge in [-0.3, -0.25) is 14.5 Å². The summed E-state index contributed by atoms with van der Waals surface area (Å²) >= 11 is 2.79. The number of carbonyl (C=O) groups is 3. The molecular formula is C49H49F3N6O8S3. The van der Waals surface area contributed by atoms with Crippen LogP contribution in [0.3, 0.4) is 0 Å². The zero-order valence-electron chi connectivity index (χ0n) is 37.9. The fourth-order valence-corrected chi connectivity index (χ4v) is 10.2. The molecule has 14 nitrogen and oxygen atoms in total. The number of ether oxygens (including phenoxy) is 1. The minimum absolute atomic E-state index is 0.0848. The van der Waals surface area contributed by atoms with Crippen molar-refractivity contribution in [2.45, 2.75) is 81.7 Å². The second-order valence-electron chi connectivity index (χ2n) is 17.0. The zero-order chi connectivity index (χ0) is 49.6. The minimum Gasteiger partial charge on any atom is -0.741 e. The maximum Gasteiger partial charge on any atom is 0.485 e. The van der Waals surface area contributed by atoms with E-state index in [0.29, 0.717) is 22.3 Å². The number of β-lactam (4-membered cyclic amide) rings is 1. The molecule has 2 aliphatic heterocycles. The van der Waals surface area contributed by atoms with Crippen LogP contribution >= 0.6 is 23.1 Å². The summed E-state index contributed by atoms with van der Waals surface area (Å²) in [4.78, 5) is 54.1. The molecule has 2 atom stereocenters. The highest BCUT2D eigenvalue weighted by atomic mass is 32.2. The number of esters is 1. The second-order valence-corrected chi connectivity index (χ2v) is 20.3. The Bertz CT molecular complexity index is 2780. The number of rotatable bonds is 13. The Hall–Kier alpha value is -6.35. The quantitative estimate of drug-likeness (QED) is 0.0176. The number of anilines is 1. The Labute approximate surface area is 406 Å². The number of hydrogen-bond acceptors (Lipinski definition) is 13. The molecule has 0 radical (unpaired) electrons. The molecule has 1 saturated heterocycles. The van der Waals surface area contributed by atoms with E-state index in [9.17, 15) is 27.6 Å². The molecule has 3 aromatic carbocycles. The van der Waals surface area contributed by atoms with Crippen LogP contribution in [0.25, 0.3) is 0 Å². The smallest absolute Gasteiger partial charge is 0.485 e. The first-order chi connectivity index (χ1) is 32.8. The first-order valence-corrected chi connectivity index (χ1v) is 25.0. The molecule has 0 bridgehead atoms. The van der Waals surface area contributed by atoms with Crippen molar-refractivity contribution < 1.29 is 54.7 Å². The van der Waals surface area contributed by atoms with Crippen LogP contribution in [-0.4, -0.2) is 82.4 Å². The van der Waals surface area contributed by atoms with E-state index in [2.05, 4.69) is 75.1 Å². The van der Waals surface area contributed by atoms with E-state index < -0.39 is 56.6 Å². The Morgan fingerprint density at radius 2 is 1.51 bits per heavy atom. The van der Waals surface area contributed by atoms with E-state index in [1.807, 2.05) is 66.7 Å². The summed E-state index contributed by atoms with van der Waals surface area (Å²) in [5.74, 6) is -1.17. The van der Waals surface area contributed by atoms with Crippen molar-refractivity contribution in [1.29, 1.82) is 0 Å². The summed E-state index contributed by atoms with van der Waals surface area (Å²) in [7, 11) is -4.73. The number of benzene rings is 3. The van der Waals surface area contributed by atoms with Gasteiger partial charge in [-0.25, -0.2) is 18.2 Å². The van der Waals surface area contributed by atoms with Gasteiger partial charge in [-0.05, 0) is 74.9 Å². The predicted molar refractivity (Wildman–Crippen MR) is 255 cm³/mol. The highest BCUT2D eigenvalue weighted by molar-refractivity contribution is 8.03. The van der Waals surface area contributed by atoms with Crippen LogP contribution in [0.1, 0.15) is 67.3 Å². The maximum absolute atomic E-state index is 14.1. The second kappa shape index (κ2) is 21.1. The molecule has 3 aliphatic rings. The van der Waals surface area contributed by atoms with Crippen molar-refractivity contribution >= 4 is 61.8 Å². The molecule has 69 heavy (non-hydrogen) atoms. The standard InChI is InChI=1S/C48H48N6O5S2.CHF3O3S/c1-47(2,3)59-45(57)42-39(27-17-29-53-28-16-19-32-18-14-15-26-37(32)53)60-31-38-41(44(56)54(38)42)50-43(55)40(52-58-4)36-30-61-46(49-36)51-48(33-20-8-5-9-21-33,34-22-10-6-11-23-34)35-24-12-7-13-25-35;2-1(3,4)8(5,6)7/h5-13,16-17,19-25,27-28,30,38,41H,14-15,18,26,29,31H2,1-4H3,(H-,49,50,51,55);(H,5,6,7)/b27-17+,52-40?;. The lowest BCUT2D eigenvalue weighted by atomic mass is 9.77.